The molecule has 1 aliphatic rings. The Labute approximate surface area is 123 Å². The number of hydrogen-bond donors (Lipinski definition) is 3. The van der Waals surface area contributed by atoms with Crippen LogP contribution in [0.3, 0.4) is 0 Å². The number of nitrogens with one attached hydrogen (secondary N) is 1. The molecule has 0 aromatic carbocycles. The predicted molar refractivity (Wildman–Crippen MR) is 62.9 cm³/mol. The van der Waals surface area contributed by atoms with E-state index in [1.807, 2.05) is 0 Å². The Balaban J connectivity index is 2.51. The lowest BCUT2D eigenvalue weighted by Crippen LogP contribution is -2.43. The van der Waals surface area contributed by atoms with Crippen LogP contribution in [0.15, 0.2) is 15.8 Å². The van der Waals surface area contributed by atoms with Gasteiger partial charge >= 0.3 is 17.8 Å². The minimum absolute atomic E-state index is 0.0474. The van der Waals surface area contributed by atoms with Crippen LogP contribution < -0.4 is 11.2 Å². The minimum atomic E-state index is -6.04. The lowest BCUT2D eigenvalue weighted by atomic mass is 10.1. The van der Waals surface area contributed by atoms with Crippen LogP contribution in [0.1, 0.15) is 18.2 Å². The van der Waals surface area contributed by atoms with Crippen molar-refractivity contribution in [3.05, 3.63) is 32.6 Å². The highest BCUT2D eigenvalue weighted by atomic mass is 19.4. The average molecular weight is 346 g/mol. The van der Waals surface area contributed by atoms with Crippen molar-refractivity contribution in [2.45, 2.75) is 37.0 Å². The van der Waals surface area contributed by atoms with Gasteiger partial charge in [0.1, 0.15) is 17.9 Å². The van der Waals surface area contributed by atoms with E-state index in [1.165, 1.54) is 4.98 Å². The molecule has 1 unspecified atom stereocenters. The number of aliphatic hydroxyl groups is 2. The number of aliphatic hydroxyl groups excluding tert-OH is 2. The molecule has 1 aliphatic heterocycles. The van der Waals surface area contributed by atoms with Crippen molar-refractivity contribution in [2.75, 3.05) is 6.61 Å². The van der Waals surface area contributed by atoms with Gasteiger partial charge in [0.2, 0.25) is 0 Å². The Morgan fingerprint density at radius 3 is 2.39 bits per heavy atom. The van der Waals surface area contributed by atoms with Crippen LogP contribution in [0, 0.1) is 0 Å². The summed E-state index contributed by atoms with van der Waals surface area (Å²) in [4.78, 5) is 24.3. The number of H-pyrrole nitrogens is 1. The molecule has 12 heteroatoms. The highest BCUT2D eigenvalue weighted by Gasteiger charge is 2.60. The van der Waals surface area contributed by atoms with E-state index in [1.54, 1.807) is 0 Å². The number of rotatable bonds is 3. The summed E-state index contributed by atoms with van der Waals surface area (Å²) in [6.07, 6.45) is -10.1. The van der Waals surface area contributed by atoms with Crippen LogP contribution in [0.2, 0.25) is 0 Å². The van der Waals surface area contributed by atoms with E-state index in [0.717, 1.165) is 0 Å². The maximum atomic E-state index is 13.4. The Morgan fingerprint density at radius 2 is 1.91 bits per heavy atom. The standard InChI is InChI=1S/C11H11F5N2O5/c12-10(13,11(14,15)16)4-2-18(9(22)17-8(4)21)7-1-5(20)6(3-19)23-7/h2,5-7,19-20H,1,3H2,(H,17,21,22)/t5?,6-,7-/m0/s1. The molecule has 2 heterocycles. The maximum absolute atomic E-state index is 13.4. The molecule has 1 fully saturated rings. The molecule has 0 spiro atoms. The molecule has 1 aromatic rings. The van der Waals surface area contributed by atoms with Crippen LogP contribution in [-0.4, -0.2) is 44.8 Å². The first kappa shape index (κ1) is 17.6. The number of aromatic nitrogens is 2. The molecule has 130 valence electrons. The van der Waals surface area contributed by atoms with Gasteiger partial charge in [-0.25, -0.2) is 4.79 Å². The molecule has 1 aromatic heterocycles. The smallest absolute Gasteiger partial charge is 0.394 e. The second-order valence-corrected chi connectivity index (χ2v) is 4.90. The zero-order chi connectivity index (χ0) is 17.6. The van der Waals surface area contributed by atoms with Crippen LogP contribution >= 0.6 is 0 Å². The van der Waals surface area contributed by atoms with E-state index < -0.39 is 54.0 Å². The third kappa shape index (κ3) is 3.01. The lowest BCUT2D eigenvalue weighted by Gasteiger charge is -2.21. The summed E-state index contributed by atoms with van der Waals surface area (Å²) in [6, 6.07) is 0. The minimum Gasteiger partial charge on any atom is -0.394 e. The summed E-state index contributed by atoms with van der Waals surface area (Å²) >= 11 is 0. The highest BCUT2D eigenvalue weighted by molar-refractivity contribution is 5.15. The fraction of sp³-hybridized carbons (Fsp3) is 0.636. The summed E-state index contributed by atoms with van der Waals surface area (Å²) in [5.41, 5.74) is -5.14. The van der Waals surface area contributed by atoms with Crippen molar-refractivity contribution in [3.63, 3.8) is 0 Å². The van der Waals surface area contributed by atoms with E-state index in [4.69, 9.17) is 9.84 Å². The Hall–Kier alpha value is -1.79. The summed E-state index contributed by atoms with van der Waals surface area (Å²) in [7, 11) is 0. The molecule has 0 radical (unpaired) electrons. The van der Waals surface area contributed by atoms with Crippen molar-refractivity contribution in [1.82, 2.24) is 9.55 Å². The number of aromatic amines is 1. The van der Waals surface area contributed by atoms with E-state index in [9.17, 15) is 36.6 Å². The van der Waals surface area contributed by atoms with Crippen molar-refractivity contribution < 1.29 is 36.9 Å². The van der Waals surface area contributed by atoms with Crippen LogP contribution in [0.5, 0.6) is 0 Å². The molecule has 3 N–H and O–H groups in total. The van der Waals surface area contributed by atoms with Gasteiger partial charge in [0, 0.05) is 12.6 Å². The van der Waals surface area contributed by atoms with E-state index in [-0.39, 0.29) is 12.6 Å². The van der Waals surface area contributed by atoms with E-state index >= 15 is 0 Å². The lowest BCUT2D eigenvalue weighted by molar-refractivity contribution is -0.290. The third-order valence-corrected chi connectivity index (χ3v) is 3.36. The molecule has 1 saturated heterocycles. The predicted octanol–water partition coefficient (Wildman–Crippen LogP) is -0.169. The van der Waals surface area contributed by atoms with Gasteiger partial charge < -0.3 is 14.9 Å². The SMILES string of the molecule is O=c1[nH]c(=O)n([C@@H]2CC(O)[C@H](CO)O2)cc1C(F)(F)C(F)(F)F. The second kappa shape index (κ2) is 5.69. The van der Waals surface area contributed by atoms with Gasteiger partial charge in [-0.15, -0.1) is 0 Å². The van der Waals surface area contributed by atoms with Gasteiger partial charge in [-0.2, -0.15) is 22.0 Å². The van der Waals surface area contributed by atoms with Gasteiger partial charge in [0.25, 0.3) is 5.56 Å². The zero-order valence-electron chi connectivity index (χ0n) is 11.2. The molecule has 23 heavy (non-hydrogen) atoms. The largest absolute Gasteiger partial charge is 0.458 e. The summed E-state index contributed by atoms with van der Waals surface area (Å²) in [5.74, 6) is -5.48. The molecular formula is C11H11F5N2O5. The normalized spacial score (nSPS) is 25.8. The zero-order valence-corrected chi connectivity index (χ0v) is 11.2. The number of ether oxygens (including phenoxy) is 1. The van der Waals surface area contributed by atoms with Gasteiger partial charge in [0.15, 0.2) is 0 Å². The van der Waals surface area contributed by atoms with E-state index in [0.29, 0.717) is 4.57 Å². The Kier molecular flexibility index (Phi) is 4.34. The van der Waals surface area contributed by atoms with Gasteiger partial charge in [-0.05, 0) is 0 Å². The summed E-state index contributed by atoms with van der Waals surface area (Å²) < 4.78 is 69.2. The van der Waals surface area contributed by atoms with Gasteiger partial charge in [0.05, 0.1) is 12.7 Å². The highest BCUT2D eigenvalue weighted by Crippen LogP contribution is 2.42. The number of alkyl halides is 5. The first-order valence-corrected chi connectivity index (χ1v) is 6.24. The molecule has 0 aliphatic carbocycles. The fourth-order valence-corrected chi connectivity index (χ4v) is 2.13. The fourth-order valence-electron chi connectivity index (χ4n) is 2.13. The third-order valence-electron chi connectivity index (χ3n) is 3.36. The second-order valence-electron chi connectivity index (χ2n) is 4.90. The molecule has 7 nitrogen and oxygen atoms in total. The van der Waals surface area contributed by atoms with Crippen LogP contribution in [0.25, 0.3) is 0 Å². The monoisotopic (exact) mass is 346 g/mol. The van der Waals surface area contributed by atoms with Gasteiger partial charge in [-0.1, -0.05) is 0 Å². The van der Waals surface area contributed by atoms with Gasteiger partial charge in [-0.3, -0.25) is 14.3 Å². The van der Waals surface area contributed by atoms with Crippen molar-refractivity contribution in [3.8, 4) is 0 Å². The van der Waals surface area contributed by atoms with Crippen molar-refractivity contribution >= 4 is 0 Å². The van der Waals surface area contributed by atoms with Crippen molar-refractivity contribution in [1.29, 1.82) is 0 Å². The Morgan fingerprint density at radius 1 is 1.30 bits per heavy atom. The summed E-state index contributed by atoms with van der Waals surface area (Å²) in [5, 5.41) is 18.4. The molecule has 3 atom stereocenters. The average Bonchev–Trinajstić information content (AvgIpc) is 2.78. The number of halogens is 5. The topological polar surface area (TPSA) is 105 Å². The molecule has 0 amide bonds. The first-order chi connectivity index (χ1) is 10.5. The molecular weight excluding hydrogens is 335 g/mol. The molecule has 0 saturated carbocycles. The Bertz CT molecular complexity index is 697. The molecule has 0 bridgehead atoms. The molecule has 2 rings (SSSR count). The number of nitrogens with zero attached hydrogens (tertiary/aromatic N) is 1. The number of hydrogen-bond acceptors (Lipinski definition) is 5. The van der Waals surface area contributed by atoms with Crippen LogP contribution in [0.4, 0.5) is 22.0 Å². The summed E-state index contributed by atoms with van der Waals surface area (Å²) in [6.45, 7) is -0.651. The first-order valence-electron chi connectivity index (χ1n) is 6.24. The van der Waals surface area contributed by atoms with Crippen LogP contribution in [-0.2, 0) is 10.7 Å². The quantitative estimate of drug-likeness (QED) is 0.660. The maximum Gasteiger partial charge on any atom is 0.458 e. The van der Waals surface area contributed by atoms with E-state index in [2.05, 4.69) is 0 Å². The van der Waals surface area contributed by atoms with Crippen molar-refractivity contribution in [2.24, 2.45) is 0 Å².